The fourth-order valence-electron chi connectivity index (χ4n) is 3.10. The van der Waals surface area contributed by atoms with Gasteiger partial charge < -0.3 is 9.64 Å². The van der Waals surface area contributed by atoms with Crippen molar-refractivity contribution in [3.05, 3.63) is 35.9 Å². The van der Waals surface area contributed by atoms with E-state index in [1.165, 1.54) is 0 Å². The van der Waals surface area contributed by atoms with Crippen LogP contribution in [0, 0.1) is 0 Å². The number of rotatable bonds is 3. The number of carbonyl (C=O) groups is 1. The van der Waals surface area contributed by atoms with Crippen molar-refractivity contribution in [3.63, 3.8) is 0 Å². The van der Waals surface area contributed by atoms with Gasteiger partial charge in [0.1, 0.15) is 6.10 Å². The number of morpholine rings is 1. The first-order valence-electron chi connectivity index (χ1n) is 8.03. The molecule has 0 aromatic heterocycles. The summed E-state index contributed by atoms with van der Waals surface area (Å²) in [5.41, 5.74) is 1.15. The first-order valence-corrected chi connectivity index (χ1v) is 9.18. The lowest BCUT2D eigenvalue weighted by Gasteiger charge is -2.38. The predicted molar refractivity (Wildman–Crippen MR) is 90.1 cm³/mol. The number of amides is 1. The zero-order valence-corrected chi connectivity index (χ0v) is 13.9. The van der Waals surface area contributed by atoms with Crippen LogP contribution in [0.4, 0.5) is 0 Å². The summed E-state index contributed by atoms with van der Waals surface area (Å²) in [6.45, 7) is 6.07. The van der Waals surface area contributed by atoms with Crippen molar-refractivity contribution in [1.82, 2.24) is 9.80 Å². The zero-order valence-electron chi connectivity index (χ0n) is 13.1. The summed E-state index contributed by atoms with van der Waals surface area (Å²) in [6, 6.07) is 10.2. The number of carbonyl (C=O) groups excluding carboxylic acids is 1. The molecule has 1 aromatic carbocycles. The zero-order chi connectivity index (χ0) is 15.4. The third-order valence-electron chi connectivity index (χ3n) is 4.50. The van der Waals surface area contributed by atoms with Crippen molar-refractivity contribution < 1.29 is 9.53 Å². The molecule has 3 rings (SSSR count). The molecule has 2 heterocycles. The average Bonchev–Trinajstić information content (AvgIpc) is 2.62. The van der Waals surface area contributed by atoms with Crippen LogP contribution in [0.5, 0.6) is 0 Å². The maximum absolute atomic E-state index is 12.8. The lowest BCUT2D eigenvalue weighted by molar-refractivity contribution is -0.144. The van der Waals surface area contributed by atoms with Gasteiger partial charge in [-0.15, -0.1) is 0 Å². The fourth-order valence-corrected chi connectivity index (χ4v) is 4.04. The van der Waals surface area contributed by atoms with Gasteiger partial charge in [0.25, 0.3) is 0 Å². The van der Waals surface area contributed by atoms with E-state index in [1.54, 1.807) is 0 Å². The number of nitrogens with zero attached hydrogens (tertiary/aromatic N) is 2. The molecule has 1 amide bonds. The van der Waals surface area contributed by atoms with Gasteiger partial charge in [0.2, 0.25) is 5.91 Å². The molecule has 2 aliphatic heterocycles. The van der Waals surface area contributed by atoms with Gasteiger partial charge in [0.15, 0.2) is 0 Å². The Bertz CT molecular complexity index is 491. The van der Waals surface area contributed by atoms with Gasteiger partial charge in [-0.05, 0) is 12.5 Å². The second-order valence-corrected chi connectivity index (χ2v) is 7.10. The van der Waals surface area contributed by atoms with Crippen LogP contribution in [-0.2, 0) is 9.53 Å². The third kappa shape index (κ3) is 3.65. The highest BCUT2D eigenvalue weighted by Gasteiger charge is 2.31. The summed E-state index contributed by atoms with van der Waals surface area (Å²) in [4.78, 5) is 17.1. The van der Waals surface area contributed by atoms with Crippen LogP contribution in [0.15, 0.2) is 30.3 Å². The summed E-state index contributed by atoms with van der Waals surface area (Å²) in [6.07, 6.45) is 0.00279. The first kappa shape index (κ1) is 15.8. The van der Waals surface area contributed by atoms with E-state index >= 15 is 0 Å². The molecule has 22 heavy (non-hydrogen) atoms. The molecule has 0 N–H and O–H groups in total. The van der Waals surface area contributed by atoms with E-state index in [9.17, 15) is 4.79 Å². The van der Waals surface area contributed by atoms with Crippen LogP contribution in [0.1, 0.15) is 18.6 Å². The van der Waals surface area contributed by atoms with E-state index in [1.807, 2.05) is 41.8 Å². The molecular formula is C17H24N2O2S. The van der Waals surface area contributed by atoms with Crippen LogP contribution in [-0.4, -0.2) is 66.0 Å². The molecule has 1 aromatic rings. The molecule has 2 aliphatic rings. The molecule has 2 fully saturated rings. The van der Waals surface area contributed by atoms with Gasteiger partial charge in [-0.25, -0.2) is 0 Å². The molecule has 120 valence electrons. The topological polar surface area (TPSA) is 32.8 Å². The van der Waals surface area contributed by atoms with Crippen molar-refractivity contribution in [2.45, 2.75) is 19.1 Å². The van der Waals surface area contributed by atoms with Crippen LogP contribution in [0.2, 0.25) is 0 Å². The summed E-state index contributed by atoms with van der Waals surface area (Å²) in [7, 11) is 0. The van der Waals surface area contributed by atoms with Crippen LogP contribution in [0.3, 0.4) is 0 Å². The number of benzene rings is 1. The Labute approximate surface area is 136 Å². The molecule has 5 heteroatoms. The van der Waals surface area contributed by atoms with Gasteiger partial charge >= 0.3 is 0 Å². The van der Waals surface area contributed by atoms with Gasteiger partial charge in [-0.1, -0.05) is 30.3 Å². The Balaban J connectivity index is 1.62. The molecule has 0 unspecified atom stereocenters. The van der Waals surface area contributed by atoms with Gasteiger partial charge in [-0.2, -0.15) is 11.8 Å². The molecule has 2 saturated heterocycles. The van der Waals surface area contributed by atoms with E-state index in [4.69, 9.17) is 4.74 Å². The highest BCUT2D eigenvalue weighted by Crippen LogP contribution is 2.23. The summed E-state index contributed by atoms with van der Waals surface area (Å²) in [5.74, 6) is 2.51. The Morgan fingerprint density at radius 3 is 2.68 bits per heavy atom. The molecule has 0 spiro atoms. The van der Waals surface area contributed by atoms with E-state index in [2.05, 4.69) is 17.0 Å². The van der Waals surface area contributed by atoms with Crippen molar-refractivity contribution in [2.75, 3.05) is 44.3 Å². The van der Waals surface area contributed by atoms with Crippen LogP contribution < -0.4 is 0 Å². The minimum absolute atomic E-state index is 0.00279. The van der Waals surface area contributed by atoms with Gasteiger partial charge in [-0.3, -0.25) is 9.69 Å². The smallest absolute Gasteiger partial charge is 0.239 e. The number of ether oxygens (including phenoxy) is 1. The first-order chi connectivity index (χ1) is 10.8. The molecule has 2 atom stereocenters. The van der Waals surface area contributed by atoms with Crippen molar-refractivity contribution in [3.8, 4) is 0 Å². The minimum atomic E-state index is -0.0181. The Hall–Kier alpha value is -1.04. The normalized spacial score (nSPS) is 25.0. The Kier molecular flexibility index (Phi) is 5.39. The number of hydrogen-bond acceptors (Lipinski definition) is 4. The quantitative estimate of drug-likeness (QED) is 0.853. The summed E-state index contributed by atoms with van der Waals surface area (Å²) >= 11 is 1.97. The number of thioether (sulfide) groups is 1. The highest BCUT2D eigenvalue weighted by atomic mass is 32.2. The van der Waals surface area contributed by atoms with Crippen LogP contribution in [0.25, 0.3) is 0 Å². The molecular weight excluding hydrogens is 296 g/mol. The van der Waals surface area contributed by atoms with E-state index in [0.29, 0.717) is 19.7 Å². The average molecular weight is 320 g/mol. The summed E-state index contributed by atoms with van der Waals surface area (Å²) < 4.78 is 5.86. The minimum Gasteiger partial charge on any atom is -0.370 e. The molecule has 0 bridgehead atoms. The molecule has 4 nitrogen and oxygen atoms in total. The second-order valence-electron chi connectivity index (χ2n) is 5.88. The lowest BCUT2D eigenvalue weighted by atomic mass is 10.1. The van der Waals surface area contributed by atoms with E-state index in [0.717, 1.165) is 30.2 Å². The maximum Gasteiger partial charge on any atom is 0.239 e. The van der Waals surface area contributed by atoms with E-state index in [-0.39, 0.29) is 18.1 Å². The molecule has 0 aliphatic carbocycles. The monoisotopic (exact) mass is 320 g/mol. The van der Waals surface area contributed by atoms with Gasteiger partial charge in [0.05, 0.1) is 19.2 Å². The van der Waals surface area contributed by atoms with Crippen molar-refractivity contribution in [2.24, 2.45) is 0 Å². The van der Waals surface area contributed by atoms with Gasteiger partial charge in [0, 0.05) is 31.1 Å². The fraction of sp³-hybridized carbons (Fsp3) is 0.588. The molecule has 0 radical (unpaired) electrons. The largest absolute Gasteiger partial charge is 0.370 e. The predicted octanol–water partition coefficient (Wildman–Crippen LogP) is 2.02. The standard InChI is InChI=1S/C17H24N2O2S/c1-14(18-8-11-22-12-9-18)17(20)19-7-10-21-16(13-19)15-5-3-2-4-6-15/h2-6,14,16H,7-13H2,1H3/t14-,16-/m1/s1. The molecule has 0 saturated carbocycles. The second kappa shape index (κ2) is 7.49. The van der Waals surface area contributed by atoms with Crippen molar-refractivity contribution >= 4 is 17.7 Å². The van der Waals surface area contributed by atoms with Crippen LogP contribution >= 0.6 is 11.8 Å². The lowest BCUT2D eigenvalue weighted by Crippen LogP contribution is -2.52. The highest BCUT2D eigenvalue weighted by molar-refractivity contribution is 7.99. The summed E-state index contributed by atoms with van der Waals surface area (Å²) in [5, 5.41) is 0. The maximum atomic E-state index is 12.8. The van der Waals surface area contributed by atoms with E-state index < -0.39 is 0 Å². The third-order valence-corrected chi connectivity index (χ3v) is 5.44. The Morgan fingerprint density at radius 1 is 1.23 bits per heavy atom. The Morgan fingerprint density at radius 2 is 1.95 bits per heavy atom. The SMILES string of the molecule is C[C@H](C(=O)N1CCO[C@@H](c2ccccc2)C1)N1CCSCC1. The van der Waals surface area contributed by atoms with Crippen molar-refractivity contribution in [1.29, 1.82) is 0 Å². The number of hydrogen-bond donors (Lipinski definition) is 0.